The Balaban J connectivity index is 1.80. The van der Waals surface area contributed by atoms with E-state index in [0.29, 0.717) is 35.9 Å². The number of hydrogen-bond acceptors (Lipinski definition) is 8. The molecule has 1 atom stereocenters. The van der Waals surface area contributed by atoms with Gasteiger partial charge in [0.25, 0.3) is 0 Å². The lowest BCUT2D eigenvalue weighted by Gasteiger charge is -2.24. The second-order valence-electron chi connectivity index (χ2n) is 6.32. The van der Waals surface area contributed by atoms with Crippen molar-refractivity contribution in [1.29, 1.82) is 0 Å². The fourth-order valence-electron chi connectivity index (χ4n) is 2.99. The molecule has 0 radical (unpaired) electrons. The van der Waals surface area contributed by atoms with Gasteiger partial charge in [0.2, 0.25) is 0 Å². The number of carbonyl (C=O) groups is 1. The Bertz CT molecular complexity index is 932. The standard InChI is InChI=1S/C18H22N4O4S/c1-3-26-18(23)14-6-4-5-7-15(14)21-16-10-17(20-12-19-16)22(2)13-8-9-27(24,25)11-13/h4-7,10,12-13H,3,8-9,11H2,1-2H3,(H,19,20,21). The van der Waals surface area contributed by atoms with Crippen LogP contribution in [0.3, 0.4) is 0 Å². The fourth-order valence-corrected chi connectivity index (χ4v) is 4.77. The number of esters is 1. The Kier molecular flexibility index (Phi) is 5.59. The van der Waals surface area contributed by atoms with Crippen molar-refractivity contribution >= 4 is 33.1 Å². The minimum atomic E-state index is -2.98. The van der Waals surface area contributed by atoms with Gasteiger partial charge in [0.05, 0.1) is 29.4 Å². The third-order valence-corrected chi connectivity index (χ3v) is 6.21. The number of hydrogen-bond donors (Lipinski definition) is 1. The van der Waals surface area contributed by atoms with Gasteiger partial charge in [-0.15, -0.1) is 0 Å². The number of sulfone groups is 1. The summed E-state index contributed by atoms with van der Waals surface area (Å²) in [6.07, 6.45) is 1.99. The molecule has 0 amide bonds. The number of nitrogens with zero attached hydrogens (tertiary/aromatic N) is 3. The highest BCUT2D eigenvalue weighted by Gasteiger charge is 2.31. The number of para-hydroxylation sites is 1. The zero-order valence-electron chi connectivity index (χ0n) is 15.3. The molecule has 0 aliphatic carbocycles. The van der Waals surface area contributed by atoms with Crippen LogP contribution in [0, 0.1) is 0 Å². The highest BCUT2D eigenvalue weighted by Crippen LogP contribution is 2.25. The highest BCUT2D eigenvalue weighted by atomic mass is 32.2. The van der Waals surface area contributed by atoms with E-state index in [1.165, 1.54) is 6.33 Å². The Morgan fingerprint density at radius 3 is 2.81 bits per heavy atom. The number of rotatable bonds is 6. The van der Waals surface area contributed by atoms with Gasteiger partial charge in [-0.3, -0.25) is 0 Å². The average Bonchev–Trinajstić information content (AvgIpc) is 3.02. The molecule has 1 aromatic carbocycles. The molecule has 1 aromatic heterocycles. The van der Waals surface area contributed by atoms with Gasteiger partial charge < -0.3 is 15.0 Å². The minimum Gasteiger partial charge on any atom is -0.462 e. The van der Waals surface area contributed by atoms with Crippen LogP contribution < -0.4 is 10.2 Å². The van der Waals surface area contributed by atoms with Crippen LogP contribution in [0.25, 0.3) is 0 Å². The van der Waals surface area contributed by atoms with Crippen molar-refractivity contribution in [2.24, 2.45) is 0 Å². The van der Waals surface area contributed by atoms with E-state index in [-0.39, 0.29) is 17.5 Å². The van der Waals surface area contributed by atoms with Crippen LogP contribution in [0.15, 0.2) is 36.7 Å². The highest BCUT2D eigenvalue weighted by molar-refractivity contribution is 7.91. The first-order chi connectivity index (χ1) is 12.9. The van der Waals surface area contributed by atoms with Gasteiger partial charge in [-0.05, 0) is 25.5 Å². The topological polar surface area (TPSA) is 101 Å². The second-order valence-corrected chi connectivity index (χ2v) is 8.55. The fraction of sp³-hybridized carbons (Fsp3) is 0.389. The first-order valence-corrected chi connectivity index (χ1v) is 10.5. The van der Waals surface area contributed by atoms with Crippen molar-refractivity contribution in [3.63, 3.8) is 0 Å². The van der Waals surface area contributed by atoms with E-state index >= 15 is 0 Å². The van der Waals surface area contributed by atoms with Crippen molar-refractivity contribution in [2.45, 2.75) is 19.4 Å². The first-order valence-electron chi connectivity index (χ1n) is 8.68. The molecule has 3 rings (SSSR count). The maximum atomic E-state index is 12.1. The Morgan fingerprint density at radius 2 is 2.11 bits per heavy atom. The number of anilines is 3. The first kappa shape index (κ1) is 19.1. The third kappa shape index (κ3) is 4.54. The lowest BCUT2D eigenvalue weighted by Crippen LogP contribution is -2.33. The summed E-state index contributed by atoms with van der Waals surface area (Å²) in [4.78, 5) is 22.4. The normalized spacial score (nSPS) is 18.1. The summed E-state index contributed by atoms with van der Waals surface area (Å²) in [6.45, 7) is 2.05. The molecule has 0 bridgehead atoms. The van der Waals surface area contributed by atoms with E-state index < -0.39 is 15.8 Å². The molecule has 8 nitrogen and oxygen atoms in total. The van der Waals surface area contributed by atoms with Gasteiger partial charge in [0.15, 0.2) is 9.84 Å². The Labute approximate surface area is 158 Å². The molecule has 9 heteroatoms. The van der Waals surface area contributed by atoms with Crippen molar-refractivity contribution in [3.05, 3.63) is 42.2 Å². The second kappa shape index (κ2) is 7.91. The minimum absolute atomic E-state index is 0.107. The zero-order valence-corrected chi connectivity index (χ0v) is 16.1. The van der Waals surface area contributed by atoms with Crippen LogP contribution in [-0.4, -0.2) is 55.6 Å². The van der Waals surface area contributed by atoms with Crippen molar-refractivity contribution < 1.29 is 17.9 Å². The molecule has 2 aromatic rings. The smallest absolute Gasteiger partial charge is 0.340 e. The predicted octanol–water partition coefficient (Wildman–Crippen LogP) is 2.02. The molecule has 2 heterocycles. The van der Waals surface area contributed by atoms with Crippen LogP contribution in [0.4, 0.5) is 17.3 Å². The lowest BCUT2D eigenvalue weighted by atomic mass is 10.2. The molecule has 1 N–H and O–H groups in total. The Morgan fingerprint density at radius 1 is 1.33 bits per heavy atom. The van der Waals surface area contributed by atoms with Crippen molar-refractivity contribution in [2.75, 3.05) is 35.4 Å². The van der Waals surface area contributed by atoms with Crippen LogP contribution in [0.5, 0.6) is 0 Å². The van der Waals surface area contributed by atoms with Gasteiger partial charge in [-0.2, -0.15) is 0 Å². The SMILES string of the molecule is CCOC(=O)c1ccccc1Nc1cc(N(C)C2CCS(=O)(=O)C2)ncn1. The van der Waals surface area contributed by atoms with Crippen LogP contribution in [0.2, 0.25) is 0 Å². The molecule has 0 saturated carbocycles. The molecular formula is C18H22N4O4S. The molecule has 1 saturated heterocycles. The number of benzene rings is 1. The number of nitrogens with one attached hydrogen (secondary N) is 1. The van der Waals surface area contributed by atoms with Gasteiger partial charge in [-0.1, -0.05) is 12.1 Å². The van der Waals surface area contributed by atoms with Crippen molar-refractivity contribution in [3.8, 4) is 0 Å². The molecule has 1 unspecified atom stereocenters. The van der Waals surface area contributed by atoms with E-state index in [1.807, 2.05) is 18.0 Å². The molecule has 1 fully saturated rings. The zero-order chi connectivity index (χ0) is 19.4. The molecule has 1 aliphatic heterocycles. The molecule has 1 aliphatic rings. The monoisotopic (exact) mass is 390 g/mol. The summed E-state index contributed by atoms with van der Waals surface area (Å²) in [5.41, 5.74) is 0.987. The van der Waals surface area contributed by atoms with Gasteiger partial charge >= 0.3 is 5.97 Å². The lowest BCUT2D eigenvalue weighted by molar-refractivity contribution is 0.0527. The van der Waals surface area contributed by atoms with Crippen LogP contribution >= 0.6 is 0 Å². The van der Waals surface area contributed by atoms with Crippen molar-refractivity contribution in [1.82, 2.24) is 9.97 Å². The Hall–Kier alpha value is -2.68. The maximum absolute atomic E-state index is 12.1. The van der Waals surface area contributed by atoms with Crippen LogP contribution in [0.1, 0.15) is 23.7 Å². The summed E-state index contributed by atoms with van der Waals surface area (Å²) in [5, 5.41) is 3.12. The largest absolute Gasteiger partial charge is 0.462 e. The summed E-state index contributed by atoms with van der Waals surface area (Å²) in [5.74, 6) is 1.03. The number of ether oxygens (including phenoxy) is 1. The third-order valence-electron chi connectivity index (χ3n) is 4.46. The maximum Gasteiger partial charge on any atom is 0.340 e. The van der Waals surface area contributed by atoms with Gasteiger partial charge in [-0.25, -0.2) is 23.2 Å². The summed E-state index contributed by atoms with van der Waals surface area (Å²) in [7, 11) is -1.16. The van der Waals surface area contributed by atoms with E-state index in [0.717, 1.165) is 0 Å². The molecule has 0 spiro atoms. The number of aromatic nitrogens is 2. The summed E-state index contributed by atoms with van der Waals surface area (Å²) in [6, 6.07) is 8.64. The molecule has 27 heavy (non-hydrogen) atoms. The molecule has 144 valence electrons. The summed E-state index contributed by atoms with van der Waals surface area (Å²) < 4.78 is 28.5. The summed E-state index contributed by atoms with van der Waals surface area (Å²) >= 11 is 0. The van der Waals surface area contributed by atoms with E-state index in [2.05, 4.69) is 15.3 Å². The van der Waals surface area contributed by atoms with E-state index in [1.54, 1.807) is 31.2 Å². The van der Waals surface area contributed by atoms with E-state index in [4.69, 9.17) is 4.74 Å². The van der Waals surface area contributed by atoms with E-state index in [9.17, 15) is 13.2 Å². The molecular weight excluding hydrogens is 368 g/mol. The number of carbonyl (C=O) groups excluding carboxylic acids is 1. The van der Waals surface area contributed by atoms with Gasteiger partial charge in [0, 0.05) is 19.2 Å². The van der Waals surface area contributed by atoms with Crippen LogP contribution in [-0.2, 0) is 14.6 Å². The predicted molar refractivity (Wildman–Crippen MR) is 103 cm³/mol. The van der Waals surface area contributed by atoms with Gasteiger partial charge in [0.1, 0.15) is 18.0 Å². The quantitative estimate of drug-likeness (QED) is 0.748. The average molecular weight is 390 g/mol.